The quantitative estimate of drug-likeness (QED) is 0.718. The molecule has 1 heterocycles. The van der Waals surface area contributed by atoms with Gasteiger partial charge in [0.2, 0.25) is 0 Å². The first-order valence-electron chi connectivity index (χ1n) is 8.26. The van der Waals surface area contributed by atoms with E-state index < -0.39 is 0 Å². The van der Waals surface area contributed by atoms with Crippen LogP contribution in [0.25, 0.3) is 0 Å². The Morgan fingerprint density at radius 3 is 2.86 bits per heavy atom. The van der Waals surface area contributed by atoms with Gasteiger partial charge in [0.05, 0.1) is 0 Å². The molecule has 0 radical (unpaired) electrons. The molecule has 2 fully saturated rings. The molecular weight excluding hydrogens is 254 g/mol. The number of benzene rings is 1. The van der Waals surface area contributed by atoms with Gasteiger partial charge in [0.25, 0.3) is 0 Å². The zero-order valence-electron chi connectivity index (χ0n) is 13.3. The number of allylic oxidation sites excluding steroid dienone is 3. The lowest BCUT2D eigenvalue weighted by Crippen LogP contribution is -2.52. The Morgan fingerprint density at radius 2 is 2.14 bits per heavy atom. The minimum absolute atomic E-state index is 0.660. The third kappa shape index (κ3) is 1.58. The summed E-state index contributed by atoms with van der Waals surface area (Å²) in [5.74, 6) is 3.74. The van der Waals surface area contributed by atoms with Crippen LogP contribution in [0.1, 0.15) is 30.4 Å². The van der Waals surface area contributed by atoms with Crippen LogP contribution in [0.3, 0.4) is 0 Å². The molecule has 6 unspecified atom stereocenters. The van der Waals surface area contributed by atoms with Crippen LogP contribution in [0, 0.1) is 30.6 Å². The number of aryl methyl sites for hydroxylation is 1. The Balaban J connectivity index is 1.74. The van der Waals surface area contributed by atoms with E-state index >= 15 is 0 Å². The summed E-state index contributed by atoms with van der Waals surface area (Å²) < 4.78 is 0. The van der Waals surface area contributed by atoms with Gasteiger partial charge in [-0.3, -0.25) is 0 Å². The number of fused-ring (bicyclic) bond motifs is 6. The van der Waals surface area contributed by atoms with E-state index in [0.29, 0.717) is 11.8 Å². The number of rotatable bonds is 2. The van der Waals surface area contributed by atoms with Crippen LogP contribution in [-0.2, 0) is 0 Å². The number of hydrogen-bond donors (Lipinski definition) is 0. The van der Waals surface area contributed by atoms with Crippen LogP contribution in [0.2, 0.25) is 0 Å². The second kappa shape index (κ2) is 4.50. The molecule has 1 aromatic rings. The molecule has 110 valence electrons. The van der Waals surface area contributed by atoms with Crippen molar-refractivity contribution in [1.82, 2.24) is 0 Å². The molecular formula is C20H25N. The number of hydrogen-bond acceptors (Lipinski definition) is 1. The SMILES string of the molecule is C=CC1C(C=CC)CC2C1C1c3cc(C)ccc3N(C)C21. The molecule has 1 nitrogen and oxygen atoms in total. The molecule has 21 heavy (non-hydrogen) atoms. The van der Waals surface area contributed by atoms with E-state index in [2.05, 4.69) is 68.8 Å². The average molecular weight is 279 g/mol. The number of anilines is 1. The molecule has 1 aromatic carbocycles. The topological polar surface area (TPSA) is 3.24 Å². The van der Waals surface area contributed by atoms with E-state index in [9.17, 15) is 0 Å². The lowest BCUT2D eigenvalue weighted by molar-refractivity contribution is 0.114. The minimum Gasteiger partial charge on any atom is -0.370 e. The Hall–Kier alpha value is -1.50. The predicted molar refractivity (Wildman–Crippen MR) is 89.7 cm³/mol. The number of nitrogens with zero attached hydrogens (tertiary/aromatic N) is 1. The van der Waals surface area contributed by atoms with Gasteiger partial charge in [-0.25, -0.2) is 0 Å². The molecule has 0 aromatic heterocycles. The van der Waals surface area contributed by atoms with Crippen molar-refractivity contribution in [2.75, 3.05) is 11.9 Å². The van der Waals surface area contributed by atoms with Crippen LogP contribution in [0.15, 0.2) is 43.0 Å². The predicted octanol–water partition coefficient (Wildman–Crippen LogP) is 4.54. The van der Waals surface area contributed by atoms with E-state index in [1.807, 2.05) is 0 Å². The lowest BCUT2D eigenvalue weighted by atomic mass is 9.59. The molecule has 2 aliphatic carbocycles. The van der Waals surface area contributed by atoms with E-state index in [1.165, 1.54) is 17.7 Å². The van der Waals surface area contributed by atoms with Crippen molar-refractivity contribution in [1.29, 1.82) is 0 Å². The average Bonchev–Trinajstić information content (AvgIpc) is 2.86. The van der Waals surface area contributed by atoms with Crippen molar-refractivity contribution < 1.29 is 0 Å². The molecule has 0 spiro atoms. The fourth-order valence-corrected chi connectivity index (χ4v) is 5.55. The molecule has 4 rings (SSSR count). The van der Waals surface area contributed by atoms with Crippen LogP contribution >= 0.6 is 0 Å². The van der Waals surface area contributed by atoms with Gasteiger partial charge in [-0.2, -0.15) is 0 Å². The highest BCUT2D eigenvalue weighted by Crippen LogP contribution is 2.66. The van der Waals surface area contributed by atoms with Crippen LogP contribution in [0.5, 0.6) is 0 Å². The maximum Gasteiger partial charge on any atom is 0.0402 e. The van der Waals surface area contributed by atoms with E-state index in [4.69, 9.17) is 0 Å². The van der Waals surface area contributed by atoms with Gasteiger partial charge in [-0.1, -0.05) is 35.9 Å². The van der Waals surface area contributed by atoms with Crippen molar-refractivity contribution in [3.63, 3.8) is 0 Å². The first kappa shape index (κ1) is 13.2. The van der Waals surface area contributed by atoms with Gasteiger partial charge >= 0.3 is 0 Å². The molecule has 0 N–H and O–H groups in total. The summed E-state index contributed by atoms with van der Waals surface area (Å²) in [5, 5.41) is 0. The summed E-state index contributed by atoms with van der Waals surface area (Å²) in [5.41, 5.74) is 4.46. The maximum absolute atomic E-state index is 4.15. The summed E-state index contributed by atoms with van der Waals surface area (Å²) in [7, 11) is 2.29. The van der Waals surface area contributed by atoms with E-state index in [1.54, 1.807) is 5.56 Å². The Morgan fingerprint density at radius 1 is 1.33 bits per heavy atom. The standard InChI is InChI=1S/C20H25N/c1-5-7-13-11-16-18(14(13)6-2)19-15-10-12(3)8-9-17(15)21(4)20(16)19/h5-10,13-14,16,18-20H,2,11H2,1,3-4H3. The molecule has 1 heteroatoms. The van der Waals surface area contributed by atoms with Gasteiger partial charge < -0.3 is 4.90 Å². The Bertz CT molecular complexity index is 614. The smallest absolute Gasteiger partial charge is 0.0402 e. The van der Waals surface area contributed by atoms with Gasteiger partial charge in [0.15, 0.2) is 0 Å². The molecule has 0 saturated heterocycles. The first-order chi connectivity index (χ1) is 10.2. The number of likely N-dealkylation sites (N-methyl/N-ethyl adjacent to an activating group) is 1. The van der Waals surface area contributed by atoms with Gasteiger partial charge in [-0.05, 0) is 55.6 Å². The molecule has 3 aliphatic rings. The molecule has 2 saturated carbocycles. The maximum atomic E-state index is 4.15. The Kier molecular flexibility index (Phi) is 2.82. The highest BCUT2D eigenvalue weighted by molar-refractivity contribution is 5.65. The Labute approximate surface area is 128 Å². The summed E-state index contributed by atoms with van der Waals surface area (Å²) in [6.45, 7) is 8.51. The third-order valence-electron chi connectivity index (χ3n) is 6.28. The zero-order valence-corrected chi connectivity index (χ0v) is 13.3. The van der Waals surface area contributed by atoms with Crippen molar-refractivity contribution in [3.05, 3.63) is 54.1 Å². The highest BCUT2D eigenvalue weighted by atomic mass is 15.2. The summed E-state index contributed by atoms with van der Waals surface area (Å²) >= 11 is 0. The summed E-state index contributed by atoms with van der Waals surface area (Å²) in [4.78, 5) is 2.55. The van der Waals surface area contributed by atoms with E-state index in [-0.39, 0.29) is 0 Å². The molecule has 6 atom stereocenters. The third-order valence-corrected chi connectivity index (χ3v) is 6.28. The largest absolute Gasteiger partial charge is 0.370 e. The van der Waals surface area contributed by atoms with Crippen molar-refractivity contribution in [3.8, 4) is 0 Å². The van der Waals surface area contributed by atoms with Crippen LogP contribution in [-0.4, -0.2) is 13.1 Å². The van der Waals surface area contributed by atoms with Crippen molar-refractivity contribution in [2.24, 2.45) is 23.7 Å². The van der Waals surface area contributed by atoms with Gasteiger partial charge in [-0.15, -0.1) is 6.58 Å². The molecule has 0 bridgehead atoms. The van der Waals surface area contributed by atoms with Crippen molar-refractivity contribution in [2.45, 2.75) is 32.2 Å². The fourth-order valence-electron chi connectivity index (χ4n) is 5.55. The second-order valence-corrected chi connectivity index (χ2v) is 7.17. The van der Waals surface area contributed by atoms with Gasteiger partial charge in [0.1, 0.15) is 0 Å². The molecule has 1 aliphatic heterocycles. The summed E-state index contributed by atoms with van der Waals surface area (Å²) in [6, 6.07) is 7.73. The van der Waals surface area contributed by atoms with Crippen LogP contribution < -0.4 is 4.90 Å². The van der Waals surface area contributed by atoms with E-state index in [0.717, 1.165) is 23.8 Å². The van der Waals surface area contributed by atoms with Gasteiger partial charge in [0, 0.05) is 24.7 Å². The van der Waals surface area contributed by atoms with Crippen molar-refractivity contribution >= 4 is 5.69 Å². The zero-order chi connectivity index (χ0) is 14.7. The van der Waals surface area contributed by atoms with Crippen LogP contribution in [0.4, 0.5) is 5.69 Å². The second-order valence-electron chi connectivity index (χ2n) is 7.17. The molecule has 0 amide bonds. The first-order valence-corrected chi connectivity index (χ1v) is 8.26. The minimum atomic E-state index is 0.660. The highest BCUT2D eigenvalue weighted by Gasteiger charge is 2.63. The lowest BCUT2D eigenvalue weighted by Gasteiger charge is -2.49. The summed E-state index contributed by atoms with van der Waals surface area (Å²) in [6.07, 6.45) is 8.21. The fraction of sp³-hybridized carbons (Fsp3) is 0.500. The normalized spacial score (nSPS) is 39.9. The monoisotopic (exact) mass is 279 g/mol.